The minimum Gasteiger partial charge on any atom is -0.378 e. The highest BCUT2D eigenvalue weighted by atomic mass is 19.1. The fourth-order valence-corrected chi connectivity index (χ4v) is 2.55. The maximum atomic E-state index is 13.5. The van der Waals surface area contributed by atoms with Crippen molar-refractivity contribution in [1.29, 1.82) is 0 Å². The molecule has 1 aliphatic rings. The molecule has 2 heterocycles. The van der Waals surface area contributed by atoms with E-state index in [1.807, 2.05) is 6.07 Å². The molecule has 144 valence electrons. The Kier molecular flexibility index (Phi) is 6.31. The van der Waals surface area contributed by atoms with Gasteiger partial charge in [-0.1, -0.05) is 6.07 Å². The third-order valence-corrected chi connectivity index (χ3v) is 3.91. The highest BCUT2D eigenvalue weighted by Crippen LogP contribution is 2.17. The van der Waals surface area contributed by atoms with Gasteiger partial charge in [-0.15, -0.1) is 0 Å². The van der Waals surface area contributed by atoms with Crippen LogP contribution in [0.25, 0.3) is 0 Å². The van der Waals surface area contributed by atoms with Crippen molar-refractivity contribution in [2.75, 3.05) is 54.9 Å². The van der Waals surface area contributed by atoms with Gasteiger partial charge in [0.15, 0.2) is 0 Å². The highest BCUT2D eigenvalue weighted by molar-refractivity contribution is 5.89. The number of carbonyl (C=O) groups is 1. The van der Waals surface area contributed by atoms with Gasteiger partial charge in [0.25, 0.3) is 0 Å². The zero-order valence-corrected chi connectivity index (χ0v) is 14.5. The van der Waals surface area contributed by atoms with Crippen LogP contribution in [-0.2, 0) is 4.74 Å². The zero-order valence-electron chi connectivity index (χ0n) is 14.5. The molecule has 8 nitrogen and oxygen atoms in total. The van der Waals surface area contributed by atoms with Gasteiger partial charge in [0.05, 0.1) is 13.2 Å². The molecule has 0 spiro atoms. The standard InChI is InChI=1S/C17H20F2N6O2/c18-12-2-1-3-13(19)16(12)24-17(26)21-5-4-20-14-10-15(23-11-22-14)25-6-8-27-9-7-25/h1-3,10-11H,4-9H2,(H,20,22,23)(H2,21,24,26). The highest BCUT2D eigenvalue weighted by Gasteiger charge is 2.13. The molecule has 0 aliphatic carbocycles. The number of benzene rings is 1. The Morgan fingerprint density at radius 1 is 1.15 bits per heavy atom. The molecule has 10 heteroatoms. The number of halogens is 2. The normalized spacial score (nSPS) is 13.9. The first-order valence-corrected chi connectivity index (χ1v) is 8.51. The number of aromatic nitrogens is 2. The van der Waals surface area contributed by atoms with Crippen molar-refractivity contribution in [2.45, 2.75) is 0 Å². The summed E-state index contributed by atoms with van der Waals surface area (Å²) in [6.45, 7) is 3.48. The molecule has 3 rings (SSSR count). The maximum Gasteiger partial charge on any atom is 0.319 e. The van der Waals surface area contributed by atoms with Gasteiger partial charge in [0, 0.05) is 32.2 Å². The molecular weight excluding hydrogens is 358 g/mol. The summed E-state index contributed by atoms with van der Waals surface area (Å²) in [7, 11) is 0. The minimum absolute atomic E-state index is 0.235. The SMILES string of the molecule is O=C(NCCNc1cc(N2CCOCC2)ncn1)Nc1c(F)cccc1F. The Morgan fingerprint density at radius 3 is 2.63 bits per heavy atom. The van der Waals surface area contributed by atoms with Crippen molar-refractivity contribution in [3.63, 3.8) is 0 Å². The molecule has 0 radical (unpaired) electrons. The van der Waals surface area contributed by atoms with Crippen LogP contribution >= 0.6 is 0 Å². The summed E-state index contributed by atoms with van der Waals surface area (Å²) >= 11 is 0. The minimum atomic E-state index is -0.833. The summed E-state index contributed by atoms with van der Waals surface area (Å²) in [6, 6.07) is 4.49. The van der Waals surface area contributed by atoms with E-state index in [9.17, 15) is 13.6 Å². The summed E-state index contributed by atoms with van der Waals surface area (Å²) in [5, 5.41) is 7.74. The van der Waals surface area contributed by atoms with Gasteiger partial charge in [-0.05, 0) is 12.1 Å². The fraction of sp³-hybridized carbons (Fsp3) is 0.353. The van der Waals surface area contributed by atoms with E-state index in [0.717, 1.165) is 31.0 Å². The van der Waals surface area contributed by atoms with Crippen molar-refractivity contribution in [2.24, 2.45) is 0 Å². The largest absolute Gasteiger partial charge is 0.378 e. The van der Waals surface area contributed by atoms with Crippen molar-refractivity contribution in [3.8, 4) is 0 Å². The predicted molar refractivity (Wildman–Crippen MR) is 96.9 cm³/mol. The van der Waals surface area contributed by atoms with Gasteiger partial charge in [-0.3, -0.25) is 0 Å². The third kappa shape index (κ3) is 5.23. The van der Waals surface area contributed by atoms with Crippen molar-refractivity contribution >= 4 is 23.4 Å². The molecule has 0 saturated carbocycles. The molecule has 1 aromatic heterocycles. The maximum absolute atomic E-state index is 13.5. The average Bonchev–Trinajstić information content (AvgIpc) is 2.69. The summed E-state index contributed by atoms with van der Waals surface area (Å²) in [6.07, 6.45) is 1.47. The quantitative estimate of drug-likeness (QED) is 0.665. The van der Waals surface area contributed by atoms with Crippen LogP contribution in [0.15, 0.2) is 30.6 Å². The number of morpholine rings is 1. The second-order valence-corrected chi connectivity index (χ2v) is 5.77. The number of para-hydroxylation sites is 1. The molecule has 1 aromatic carbocycles. The lowest BCUT2D eigenvalue weighted by atomic mass is 10.3. The van der Waals surface area contributed by atoms with Gasteiger partial charge in [-0.2, -0.15) is 0 Å². The van der Waals surface area contributed by atoms with Crippen LogP contribution < -0.4 is 20.9 Å². The van der Waals surface area contributed by atoms with Crippen molar-refractivity contribution < 1.29 is 18.3 Å². The van der Waals surface area contributed by atoms with Crippen molar-refractivity contribution in [3.05, 3.63) is 42.2 Å². The predicted octanol–water partition coefficient (Wildman–Crippen LogP) is 1.82. The smallest absolute Gasteiger partial charge is 0.319 e. The average molecular weight is 378 g/mol. The van der Waals surface area contributed by atoms with E-state index in [-0.39, 0.29) is 6.54 Å². The second kappa shape index (κ2) is 9.08. The number of anilines is 3. The van der Waals surface area contributed by atoms with E-state index >= 15 is 0 Å². The number of nitrogens with one attached hydrogen (secondary N) is 3. The summed E-state index contributed by atoms with van der Waals surface area (Å²) in [5.41, 5.74) is -0.478. The Morgan fingerprint density at radius 2 is 1.89 bits per heavy atom. The van der Waals surface area contributed by atoms with Crippen LogP contribution in [0.3, 0.4) is 0 Å². The molecule has 2 amide bonds. The number of nitrogens with zero attached hydrogens (tertiary/aromatic N) is 3. The lowest BCUT2D eigenvalue weighted by Gasteiger charge is -2.27. The molecular formula is C17H20F2N6O2. The number of amides is 2. The van der Waals surface area contributed by atoms with Crippen molar-refractivity contribution in [1.82, 2.24) is 15.3 Å². The number of hydrogen-bond donors (Lipinski definition) is 3. The first-order chi connectivity index (χ1) is 13.1. The van der Waals surface area contributed by atoms with E-state index < -0.39 is 23.4 Å². The van der Waals surface area contributed by atoms with E-state index in [1.54, 1.807) is 0 Å². The van der Waals surface area contributed by atoms with Crippen LogP contribution in [0.2, 0.25) is 0 Å². The number of hydrogen-bond acceptors (Lipinski definition) is 6. The molecule has 0 bridgehead atoms. The lowest BCUT2D eigenvalue weighted by Crippen LogP contribution is -2.36. The number of urea groups is 1. The topological polar surface area (TPSA) is 91.4 Å². The van der Waals surface area contributed by atoms with Crippen LogP contribution in [0.1, 0.15) is 0 Å². The first-order valence-electron chi connectivity index (χ1n) is 8.51. The monoisotopic (exact) mass is 378 g/mol. The summed E-state index contributed by atoms with van der Waals surface area (Å²) in [4.78, 5) is 22.2. The van der Waals surface area contributed by atoms with E-state index in [0.29, 0.717) is 25.6 Å². The summed E-state index contributed by atoms with van der Waals surface area (Å²) in [5.74, 6) is -0.245. The fourth-order valence-electron chi connectivity index (χ4n) is 2.55. The molecule has 1 aliphatic heterocycles. The van der Waals surface area contributed by atoms with Crippen LogP contribution in [-0.4, -0.2) is 55.4 Å². The van der Waals surface area contributed by atoms with Crippen LogP contribution in [0.5, 0.6) is 0 Å². The number of ether oxygens (including phenoxy) is 1. The van der Waals surface area contributed by atoms with E-state index in [1.165, 1.54) is 12.4 Å². The van der Waals surface area contributed by atoms with Gasteiger partial charge in [0.1, 0.15) is 35.3 Å². The van der Waals surface area contributed by atoms with Gasteiger partial charge >= 0.3 is 6.03 Å². The number of rotatable bonds is 6. The van der Waals surface area contributed by atoms with Crippen LogP contribution in [0, 0.1) is 11.6 Å². The molecule has 1 fully saturated rings. The molecule has 27 heavy (non-hydrogen) atoms. The van der Waals surface area contributed by atoms with Gasteiger partial charge in [0.2, 0.25) is 0 Å². The lowest BCUT2D eigenvalue weighted by molar-refractivity contribution is 0.122. The summed E-state index contributed by atoms with van der Waals surface area (Å²) < 4.78 is 32.3. The zero-order chi connectivity index (χ0) is 19.1. The van der Waals surface area contributed by atoms with E-state index in [4.69, 9.17) is 4.74 Å². The van der Waals surface area contributed by atoms with Gasteiger partial charge in [-0.25, -0.2) is 23.5 Å². The molecule has 0 atom stereocenters. The van der Waals surface area contributed by atoms with E-state index in [2.05, 4.69) is 30.8 Å². The third-order valence-electron chi connectivity index (χ3n) is 3.91. The molecule has 0 unspecified atom stereocenters. The molecule has 3 N–H and O–H groups in total. The Labute approximate surface area is 154 Å². The molecule has 2 aromatic rings. The number of carbonyl (C=O) groups excluding carboxylic acids is 1. The Hall–Kier alpha value is -3.01. The second-order valence-electron chi connectivity index (χ2n) is 5.77. The molecule has 1 saturated heterocycles. The Balaban J connectivity index is 1.44. The Bertz CT molecular complexity index is 766. The van der Waals surface area contributed by atoms with Crippen LogP contribution in [0.4, 0.5) is 30.9 Å². The first kappa shape index (κ1) is 18.8. The van der Waals surface area contributed by atoms with Gasteiger partial charge < -0.3 is 25.6 Å².